The lowest BCUT2D eigenvalue weighted by molar-refractivity contribution is -0.147. The maximum Gasteiger partial charge on any atom is 0.234 e. The second-order valence-corrected chi connectivity index (χ2v) is 7.21. The Labute approximate surface area is 126 Å². The van der Waals surface area contributed by atoms with Crippen molar-refractivity contribution in [1.29, 1.82) is 0 Å². The lowest BCUT2D eigenvalue weighted by Gasteiger charge is -2.55. The zero-order valence-corrected chi connectivity index (χ0v) is 13.0. The molecule has 0 radical (unpaired) electrons. The molecule has 1 saturated carbocycles. The van der Waals surface area contributed by atoms with E-state index >= 15 is 0 Å². The summed E-state index contributed by atoms with van der Waals surface area (Å²) in [4.78, 5) is 24.3. The summed E-state index contributed by atoms with van der Waals surface area (Å²) in [6, 6.07) is 8.18. The van der Waals surface area contributed by atoms with Crippen LogP contribution in [0.1, 0.15) is 50.2 Å². The molecule has 2 fully saturated rings. The Morgan fingerprint density at radius 3 is 2.33 bits per heavy atom. The highest BCUT2D eigenvalue weighted by Crippen LogP contribution is 2.59. The number of rotatable bonds is 2. The molecule has 112 valence electrons. The summed E-state index contributed by atoms with van der Waals surface area (Å²) in [5, 5.41) is 2.53. The van der Waals surface area contributed by atoms with Gasteiger partial charge in [-0.3, -0.25) is 14.9 Å². The Morgan fingerprint density at radius 1 is 1.14 bits per heavy atom. The summed E-state index contributed by atoms with van der Waals surface area (Å²) in [5.74, 6) is 0.861. The number of hydrogen-bond acceptors (Lipinski definition) is 2. The van der Waals surface area contributed by atoms with Crippen molar-refractivity contribution in [3.63, 3.8) is 0 Å². The van der Waals surface area contributed by atoms with Gasteiger partial charge in [0, 0.05) is 6.42 Å². The Bertz CT molecular complexity index is 567. The average molecular weight is 285 g/mol. The molecule has 1 atom stereocenters. The Kier molecular flexibility index (Phi) is 3.39. The molecule has 1 saturated heterocycles. The fraction of sp³-hybridized carbons (Fsp3) is 0.556. The van der Waals surface area contributed by atoms with Crippen LogP contribution in [0.3, 0.4) is 0 Å². The fourth-order valence-electron chi connectivity index (χ4n) is 4.05. The minimum Gasteiger partial charge on any atom is -0.296 e. The highest BCUT2D eigenvalue weighted by Gasteiger charge is 2.56. The highest BCUT2D eigenvalue weighted by atomic mass is 16.2. The number of amides is 2. The SMILES string of the molecule is Cc1ccc(C2C(=O)NC(=O)CC23CC(C(C)C)C3)cc1. The van der Waals surface area contributed by atoms with E-state index < -0.39 is 0 Å². The summed E-state index contributed by atoms with van der Waals surface area (Å²) in [6.45, 7) is 6.49. The van der Waals surface area contributed by atoms with Gasteiger partial charge in [-0.25, -0.2) is 0 Å². The number of piperidine rings is 1. The largest absolute Gasteiger partial charge is 0.296 e. The number of aryl methyl sites for hydroxylation is 1. The van der Waals surface area contributed by atoms with Crippen molar-refractivity contribution in [3.8, 4) is 0 Å². The van der Waals surface area contributed by atoms with Gasteiger partial charge in [0.25, 0.3) is 0 Å². The third-order valence-corrected chi connectivity index (χ3v) is 5.34. The lowest BCUT2D eigenvalue weighted by atomic mass is 9.50. The topological polar surface area (TPSA) is 46.2 Å². The molecule has 3 rings (SSSR count). The van der Waals surface area contributed by atoms with E-state index in [2.05, 4.69) is 19.2 Å². The first-order chi connectivity index (χ1) is 9.91. The van der Waals surface area contributed by atoms with Crippen LogP contribution in [0, 0.1) is 24.2 Å². The molecule has 2 aliphatic rings. The highest BCUT2D eigenvalue weighted by molar-refractivity contribution is 6.02. The molecule has 1 heterocycles. The molecule has 1 aromatic rings. The minimum atomic E-state index is -0.175. The molecular weight excluding hydrogens is 262 g/mol. The van der Waals surface area contributed by atoms with Crippen molar-refractivity contribution in [2.24, 2.45) is 17.3 Å². The Morgan fingerprint density at radius 2 is 1.76 bits per heavy atom. The van der Waals surface area contributed by atoms with E-state index in [4.69, 9.17) is 0 Å². The van der Waals surface area contributed by atoms with E-state index in [0.29, 0.717) is 18.3 Å². The quantitative estimate of drug-likeness (QED) is 0.848. The molecule has 1 spiro atoms. The van der Waals surface area contributed by atoms with E-state index in [0.717, 1.165) is 18.4 Å². The first kappa shape index (κ1) is 14.3. The van der Waals surface area contributed by atoms with Gasteiger partial charge in [0.2, 0.25) is 11.8 Å². The number of imide groups is 1. The predicted molar refractivity (Wildman–Crippen MR) is 81.7 cm³/mol. The van der Waals surface area contributed by atoms with Crippen LogP contribution in [-0.2, 0) is 9.59 Å². The molecule has 0 aromatic heterocycles. The fourth-order valence-corrected chi connectivity index (χ4v) is 4.05. The Hall–Kier alpha value is -1.64. The van der Waals surface area contributed by atoms with Crippen LogP contribution in [0.25, 0.3) is 0 Å². The van der Waals surface area contributed by atoms with Crippen LogP contribution in [0.4, 0.5) is 0 Å². The molecule has 0 bridgehead atoms. The third-order valence-electron chi connectivity index (χ3n) is 5.34. The normalized spacial score (nSPS) is 32.2. The van der Waals surface area contributed by atoms with Crippen LogP contribution in [-0.4, -0.2) is 11.8 Å². The van der Waals surface area contributed by atoms with Gasteiger partial charge in [-0.15, -0.1) is 0 Å². The van der Waals surface area contributed by atoms with Crippen molar-refractivity contribution >= 4 is 11.8 Å². The number of carbonyl (C=O) groups excluding carboxylic acids is 2. The van der Waals surface area contributed by atoms with Crippen LogP contribution in [0.5, 0.6) is 0 Å². The summed E-state index contributed by atoms with van der Waals surface area (Å²) in [6.07, 6.45) is 2.46. The molecule has 2 amide bonds. The van der Waals surface area contributed by atoms with Gasteiger partial charge in [-0.05, 0) is 42.6 Å². The maximum absolute atomic E-state index is 12.4. The summed E-state index contributed by atoms with van der Waals surface area (Å²) in [5.41, 5.74) is 2.09. The van der Waals surface area contributed by atoms with Crippen molar-refractivity contribution in [2.45, 2.75) is 46.0 Å². The third kappa shape index (κ3) is 2.39. The van der Waals surface area contributed by atoms with Gasteiger partial charge < -0.3 is 0 Å². The van der Waals surface area contributed by atoms with E-state index in [9.17, 15) is 9.59 Å². The summed E-state index contributed by atoms with van der Waals surface area (Å²) in [7, 11) is 0. The Balaban J connectivity index is 1.93. The van der Waals surface area contributed by atoms with E-state index in [1.807, 2.05) is 31.2 Å². The first-order valence-corrected chi connectivity index (χ1v) is 7.81. The monoisotopic (exact) mass is 285 g/mol. The molecular formula is C18H23NO2. The van der Waals surface area contributed by atoms with Gasteiger partial charge in [0.1, 0.15) is 0 Å². The van der Waals surface area contributed by atoms with Gasteiger partial charge in [0.05, 0.1) is 5.92 Å². The zero-order chi connectivity index (χ0) is 15.2. The molecule has 3 heteroatoms. The number of hydrogen-bond donors (Lipinski definition) is 1. The molecule has 1 N–H and O–H groups in total. The molecule has 1 aromatic carbocycles. The lowest BCUT2D eigenvalue weighted by Crippen LogP contribution is -2.56. The second-order valence-electron chi connectivity index (χ2n) is 7.21. The van der Waals surface area contributed by atoms with Crippen LogP contribution in [0.15, 0.2) is 24.3 Å². The van der Waals surface area contributed by atoms with E-state index in [1.165, 1.54) is 5.56 Å². The van der Waals surface area contributed by atoms with Crippen LogP contribution >= 0.6 is 0 Å². The molecule has 3 nitrogen and oxygen atoms in total. The van der Waals surface area contributed by atoms with Crippen LogP contribution in [0.2, 0.25) is 0 Å². The number of benzene rings is 1. The average Bonchev–Trinajstić information content (AvgIpc) is 2.36. The smallest absolute Gasteiger partial charge is 0.234 e. The van der Waals surface area contributed by atoms with Gasteiger partial charge in [-0.2, -0.15) is 0 Å². The second kappa shape index (κ2) is 4.97. The van der Waals surface area contributed by atoms with Gasteiger partial charge in [0.15, 0.2) is 0 Å². The first-order valence-electron chi connectivity index (χ1n) is 7.81. The van der Waals surface area contributed by atoms with E-state index in [-0.39, 0.29) is 23.1 Å². The summed E-state index contributed by atoms with van der Waals surface area (Å²) >= 11 is 0. The van der Waals surface area contributed by atoms with Crippen molar-refractivity contribution in [1.82, 2.24) is 5.32 Å². The van der Waals surface area contributed by atoms with Crippen molar-refractivity contribution in [2.75, 3.05) is 0 Å². The molecule has 21 heavy (non-hydrogen) atoms. The summed E-state index contributed by atoms with van der Waals surface area (Å²) < 4.78 is 0. The van der Waals surface area contributed by atoms with Gasteiger partial charge in [-0.1, -0.05) is 43.7 Å². The molecule has 1 aliphatic carbocycles. The molecule has 1 aliphatic heterocycles. The van der Waals surface area contributed by atoms with Crippen molar-refractivity contribution in [3.05, 3.63) is 35.4 Å². The van der Waals surface area contributed by atoms with Crippen molar-refractivity contribution < 1.29 is 9.59 Å². The minimum absolute atomic E-state index is 0.106. The number of nitrogens with one attached hydrogen (secondary N) is 1. The predicted octanol–water partition coefficient (Wildman–Crippen LogP) is 3.18. The van der Waals surface area contributed by atoms with Crippen LogP contribution < -0.4 is 5.32 Å². The standard InChI is InChI=1S/C18H23NO2/c1-11(2)14-8-18(9-14)10-15(20)19-17(21)16(18)13-6-4-12(3)5-7-13/h4-7,11,14,16H,8-10H2,1-3H3,(H,19,20,21). The van der Waals surface area contributed by atoms with Gasteiger partial charge >= 0.3 is 0 Å². The van der Waals surface area contributed by atoms with E-state index in [1.54, 1.807) is 0 Å². The maximum atomic E-state index is 12.4. The number of carbonyl (C=O) groups is 2. The molecule has 1 unspecified atom stereocenters. The zero-order valence-electron chi connectivity index (χ0n) is 13.0.